The molecule has 32 heavy (non-hydrogen) atoms. The van der Waals surface area contributed by atoms with Gasteiger partial charge in [0.2, 0.25) is 0 Å². The Bertz CT molecular complexity index is 1010. The number of carbonyl (C=O) groups is 2. The summed E-state index contributed by atoms with van der Waals surface area (Å²) in [6.07, 6.45) is 4.58. The molecule has 4 rings (SSSR count). The maximum Gasteiger partial charge on any atom is 0.407 e. The minimum Gasteiger partial charge on any atom is -0.444 e. The van der Waals surface area contributed by atoms with Crippen molar-refractivity contribution in [1.82, 2.24) is 20.8 Å². The van der Waals surface area contributed by atoms with E-state index >= 15 is 0 Å². The highest BCUT2D eigenvalue weighted by Gasteiger charge is 2.29. The quantitative estimate of drug-likeness (QED) is 0.632. The number of halogens is 1. The maximum absolute atomic E-state index is 12.4. The van der Waals surface area contributed by atoms with E-state index in [1.165, 1.54) is 6.20 Å². The molecule has 1 saturated heterocycles. The Morgan fingerprint density at radius 3 is 2.47 bits per heavy atom. The molecule has 0 bridgehead atoms. The van der Waals surface area contributed by atoms with E-state index in [1.54, 1.807) is 12.1 Å². The number of nitrogens with zero attached hydrogens (tertiary/aromatic N) is 2. The highest BCUT2D eigenvalue weighted by molar-refractivity contribution is 6.33. The maximum atomic E-state index is 12.4. The number of aromatic amines is 1. The van der Waals surface area contributed by atoms with Crippen LogP contribution in [-0.4, -0.2) is 53.5 Å². The summed E-state index contributed by atoms with van der Waals surface area (Å²) in [7, 11) is 0. The Hall–Kier alpha value is -3.07. The molecule has 2 fully saturated rings. The second-order valence-electron chi connectivity index (χ2n) is 8.19. The summed E-state index contributed by atoms with van der Waals surface area (Å²) in [4.78, 5) is 38.2. The molecule has 2 aliphatic rings. The van der Waals surface area contributed by atoms with Crippen molar-refractivity contribution in [3.05, 3.63) is 57.5 Å². The summed E-state index contributed by atoms with van der Waals surface area (Å²) in [5, 5.41) is 12.2. The summed E-state index contributed by atoms with van der Waals surface area (Å²) in [6, 6.07) is 9.28. The normalized spacial score (nSPS) is 22.9. The summed E-state index contributed by atoms with van der Waals surface area (Å²) in [5.74, 6) is -0.0667. The van der Waals surface area contributed by atoms with Gasteiger partial charge < -0.3 is 20.3 Å². The number of H-pyrrole nitrogens is 1. The SMILES string of the molecule is O=C(N[C@H]1CC[C@@H](NC(=O)c2ccccc2)CC1)O[C@@H]1CCN(c2cn[nH]c(=O)c2Cl)C1. The van der Waals surface area contributed by atoms with Crippen LogP contribution in [0.3, 0.4) is 0 Å². The number of aromatic nitrogens is 2. The lowest BCUT2D eigenvalue weighted by molar-refractivity contribution is 0.0909. The molecule has 0 radical (unpaired) electrons. The van der Waals surface area contributed by atoms with E-state index in [0.717, 1.165) is 25.7 Å². The van der Waals surface area contributed by atoms with Gasteiger partial charge in [-0.2, -0.15) is 5.10 Å². The molecule has 1 atom stereocenters. The number of anilines is 1. The highest BCUT2D eigenvalue weighted by Crippen LogP contribution is 2.26. The molecular formula is C22H26ClN5O4. The Balaban J connectivity index is 1.19. The molecule has 1 aromatic carbocycles. The summed E-state index contributed by atoms with van der Waals surface area (Å²) < 4.78 is 5.57. The number of ether oxygens (including phenoxy) is 1. The molecule has 2 heterocycles. The topological polar surface area (TPSA) is 116 Å². The van der Waals surface area contributed by atoms with Gasteiger partial charge in [-0.25, -0.2) is 9.89 Å². The number of hydrogen-bond acceptors (Lipinski definition) is 6. The molecule has 1 aromatic heterocycles. The number of amides is 2. The molecule has 9 nitrogen and oxygen atoms in total. The fourth-order valence-electron chi connectivity index (χ4n) is 4.23. The Kier molecular flexibility index (Phi) is 6.94. The van der Waals surface area contributed by atoms with Gasteiger partial charge in [0.15, 0.2) is 0 Å². The minimum atomic E-state index is -0.443. The van der Waals surface area contributed by atoms with E-state index in [-0.39, 0.29) is 29.1 Å². The average Bonchev–Trinajstić information content (AvgIpc) is 3.25. The summed E-state index contributed by atoms with van der Waals surface area (Å²) in [5.41, 5.74) is 0.749. The van der Waals surface area contributed by atoms with Crippen LogP contribution in [0, 0.1) is 0 Å². The molecule has 10 heteroatoms. The first-order valence-electron chi connectivity index (χ1n) is 10.8. The van der Waals surface area contributed by atoms with E-state index in [0.29, 0.717) is 30.8 Å². The van der Waals surface area contributed by atoms with Crippen LogP contribution in [-0.2, 0) is 4.74 Å². The Morgan fingerprint density at radius 2 is 1.75 bits per heavy atom. The van der Waals surface area contributed by atoms with Crippen LogP contribution in [0.15, 0.2) is 41.3 Å². The number of nitrogens with one attached hydrogen (secondary N) is 3. The van der Waals surface area contributed by atoms with Crippen LogP contribution >= 0.6 is 11.6 Å². The van der Waals surface area contributed by atoms with Crippen molar-refractivity contribution in [1.29, 1.82) is 0 Å². The standard InChI is InChI=1S/C22H26ClN5O4/c23-19-18(12-24-27-21(19)30)28-11-10-17(13-28)32-22(31)26-16-8-6-15(7-9-16)25-20(29)14-4-2-1-3-5-14/h1-5,12,15-17H,6-11,13H2,(H,25,29)(H,26,31)(H,27,30)/t15-,16+,17-/m1/s1. The smallest absolute Gasteiger partial charge is 0.407 e. The predicted octanol–water partition coefficient (Wildman–Crippen LogP) is 2.47. The van der Waals surface area contributed by atoms with Crippen LogP contribution < -0.4 is 21.1 Å². The molecule has 3 N–H and O–H groups in total. The molecule has 2 aromatic rings. The van der Waals surface area contributed by atoms with Crippen molar-refractivity contribution in [2.45, 2.75) is 50.3 Å². The lowest BCUT2D eigenvalue weighted by atomic mass is 9.91. The molecule has 170 valence electrons. The third-order valence-corrected chi connectivity index (χ3v) is 6.32. The zero-order valence-electron chi connectivity index (χ0n) is 17.6. The van der Waals surface area contributed by atoms with Gasteiger partial charge >= 0.3 is 6.09 Å². The van der Waals surface area contributed by atoms with Crippen molar-refractivity contribution in [3.8, 4) is 0 Å². The molecule has 0 unspecified atom stereocenters. The lowest BCUT2D eigenvalue weighted by Crippen LogP contribution is -2.44. The number of carbonyl (C=O) groups excluding carboxylic acids is 2. The van der Waals surface area contributed by atoms with Crippen LogP contribution in [0.2, 0.25) is 5.02 Å². The fraction of sp³-hybridized carbons (Fsp3) is 0.455. The number of hydrogen-bond donors (Lipinski definition) is 3. The number of benzene rings is 1. The van der Waals surface area contributed by atoms with Crippen LogP contribution in [0.25, 0.3) is 0 Å². The minimum absolute atomic E-state index is 0.0243. The van der Waals surface area contributed by atoms with Gasteiger partial charge in [0.1, 0.15) is 11.1 Å². The van der Waals surface area contributed by atoms with Gasteiger partial charge in [-0.3, -0.25) is 9.59 Å². The van der Waals surface area contributed by atoms with E-state index in [9.17, 15) is 14.4 Å². The van der Waals surface area contributed by atoms with Gasteiger partial charge in [0, 0.05) is 30.6 Å². The number of alkyl carbamates (subject to hydrolysis) is 1. The van der Waals surface area contributed by atoms with Gasteiger partial charge in [-0.05, 0) is 37.8 Å². The monoisotopic (exact) mass is 459 g/mol. The first kappa shape index (κ1) is 22.1. The van der Waals surface area contributed by atoms with E-state index < -0.39 is 11.7 Å². The Morgan fingerprint density at radius 1 is 1.06 bits per heavy atom. The first-order chi connectivity index (χ1) is 15.5. The zero-order valence-corrected chi connectivity index (χ0v) is 18.3. The second kappa shape index (κ2) is 10.0. The number of rotatable bonds is 5. The van der Waals surface area contributed by atoms with Crippen molar-refractivity contribution < 1.29 is 14.3 Å². The molecule has 1 aliphatic carbocycles. The van der Waals surface area contributed by atoms with Gasteiger partial charge in [0.05, 0.1) is 18.4 Å². The van der Waals surface area contributed by atoms with Crippen LogP contribution in [0.5, 0.6) is 0 Å². The Labute approximate surface area is 190 Å². The van der Waals surface area contributed by atoms with Crippen LogP contribution in [0.1, 0.15) is 42.5 Å². The van der Waals surface area contributed by atoms with Gasteiger partial charge in [0.25, 0.3) is 11.5 Å². The third kappa shape index (κ3) is 5.40. The summed E-state index contributed by atoms with van der Waals surface area (Å²) >= 11 is 6.06. The van der Waals surface area contributed by atoms with E-state index in [1.807, 2.05) is 23.1 Å². The van der Waals surface area contributed by atoms with Gasteiger partial charge in [-0.1, -0.05) is 29.8 Å². The van der Waals surface area contributed by atoms with E-state index in [4.69, 9.17) is 16.3 Å². The molecular weight excluding hydrogens is 434 g/mol. The lowest BCUT2D eigenvalue weighted by Gasteiger charge is -2.29. The fourth-order valence-corrected chi connectivity index (χ4v) is 4.44. The average molecular weight is 460 g/mol. The first-order valence-corrected chi connectivity index (χ1v) is 11.2. The van der Waals surface area contributed by atoms with Crippen molar-refractivity contribution in [2.75, 3.05) is 18.0 Å². The van der Waals surface area contributed by atoms with Crippen molar-refractivity contribution in [2.24, 2.45) is 0 Å². The summed E-state index contributed by atoms with van der Waals surface area (Å²) in [6.45, 7) is 1.07. The van der Waals surface area contributed by atoms with Gasteiger partial charge in [-0.15, -0.1) is 0 Å². The van der Waals surface area contributed by atoms with Crippen molar-refractivity contribution in [3.63, 3.8) is 0 Å². The zero-order chi connectivity index (χ0) is 22.5. The highest BCUT2D eigenvalue weighted by atomic mass is 35.5. The third-order valence-electron chi connectivity index (χ3n) is 5.96. The van der Waals surface area contributed by atoms with E-state index in [2.05, 4.69) is 20.8 Å². The predicted molar refractivity (Wildman–Crippen MR) is 120 cm³/mol. The van der Waals surface area contributed by atoms with Crippen LogP contribution in [0.4, 0.5) is 10.5 Å². The molecule has 2 amide bonds. The molecule has 1 saturated carbocycles. The molecule has 1 aliphatic heterocycles. The largest absolute Gasteiger partial charge is 0.444 e. The molecule has 0 spiro atoms. The van der Waals surface area contributed by atoms with Crippen molar-refractivity contribution >= 4 is 29.3 Å². The second-order valence-corrected chi connectivity index (χ2v) is 8.57.